The Hall–Kier alpha value is -1.55. The number of nitrogens with zero attached hydrogens (tertiary/aromatic N) is 1. The molecule has 1 N–H and O–H groups in total. The fourth-order valence-corrected chi connectivity index (χ4v) is 2.66. The number of carbonyl (C=O) groups excluding carboxylic acids is 2. The first-order chi connectivity index (χ1) is 9.61. The quantitative estimate of drug-likeness (QED) is 0.930. The second-order valence-corrected chi connectivity index (χ2v) is 5.41. The molecule has 20 heavy (non-hydrogen) atoms. The number of amides is 2. The molecule has 1 heterocycles. The lowest BCUT2D eigenvalue weighted by atomic mass is 9.95. The van der Waals surface area contributed by atoms with Gasteiger partial charge in [0.25, 0.3) is 5.91 Å². The Kier molecular flexibility index (Phi) is 5.01. The summed E-state index contributed by atoms with van der Waals surface area (Å²) in [6, 6.07) is 6.97. The van der Waals surface area contributed by atoms with Crippen LogP contribution in [0.25, 0.3) is 0 Å². The van der Waals surface area contributed by atoms with Crippen LogP contribution in [0.1, 0.15) is 30.1 Å². The molecule has 1 aliphatic rings. The molecule has 0 spiro atoms. The van der Waals surface area contributed by atoms with E-state index in [1.807, 2.05) is 6.92 Å². The standard InChI is InChI=1S/C15H19ClN2O2/c1-2-17-14(19)11-6-8-18(9-7-11)15(20)12-4-3-5-13(16)10-12/h3-5,10-11H,2,6-9H2,1H3,(H,17,19). The van der Waals surface area contributed by atoms with Gasteiger partial charge in [-0.3, -0.25) is 9.59 Å². The fourth-order valence-electron chi connectivity index (χ4n) is 2.47. The minimum atomic E-state index is -0.0122. The smallest absolute Gasteiger partial charge is 0.253 e. The summed E-state index contributed by atoms with van der Waals surface area (Å²) < 4.78 is 0. The van der Waals surface area contributed by atoms with Crippen LogP contribution in [0.15, 0.2) is 24.3 Å². The molecule has 0 unspecified atom stereocenters. The van der Waals surface area contributed by atoms with E-state index in [2.05, 4.69) is 5.32 Å². The van der Waals surface area contributed by atoms with Gasteiger partial charge in [0.15, 0.2) is 0 Å². The minimum absolute atomic E-state index is 0.0122. The molecule has 0 saturated carbocycles. The van der Waals surface area contributed by atoms with E-state index in [0.717, 1.165) is 12.8 Å². The summed E-state index contributed by atoms with van der Waals surface area (Å²) in [5, 5.41) is 3.40. The van der Waals surface area contributed by atoms with Gasteiger partial charge in [0.2, 0.25) is 5.91 Å². The molecule has 0 bridgehead atoms. The fraction of sp³-hybridized carbons (Fsp3) is 0.467. The van der Waals surface area contributed by atoms with E-state index in [9.17, 15) is 9.59 Å². The molecule has 0 aliphatic carbocycles. The average Bonchev–Trinajstić information content (AvgIpc) is 2.47. The lowest BCUT2D eigenvalue weighted by Gasteiger charge is -2.31. The van der Waals surface area contributed by atoms with E-state index in [1.54, 1.807) is 29.2 Å². The van der Waals surface area contributed by atoms with E-state index < -0.39 is 0 Å². The molecule has 0 radical (unpaired) electrons. The summed E-state index contributed by atoms with van der Waals surface area (Å²) in [6.45, 7) is 3.80. The number of rotatable bonds is 3. The number of nitrogens with one attached hydrogen (secondary N) is 1. The molecule has 108 valence electrons. The second kappa shape index (κ2) is 6.75. The van der Waals surface area contributed by atoms with Gasteiger partial charge >= 0.3 is 0 Å². The number of halogens is 1. The van der Waals surface area contributed by atoms with Gasteiger partial charge in [-0.1, -0.05) is 17.7 Å². The zero-order valence-corrected chi connectivity index (χ0v) is 12.3. The van der Waals surface area contributed by atoms with Gasteiger partial charge in [0.1, 0.15) is 0 Å². The lowest BCUT2D eigenvalue weighted by Crippen LogP contribution is -2.43. The molecule has 1 aliphatic heterocycles. The molecule has 2 amide bonds. The summed E-state index contributed by atoms with van der Waals surface area (Å²) >= 11 is 5.90. The lowest BCUT2D eigenvalue weighted by molar-refractivity contribution is -0.126. The maximum atomic E-state index is 12.3. The highest BCUT2D eigenvalue weighted by Gasteiger charge is 2.27. The van der Waals surface area contributed by atoms with Crippen molar-refractivity contribution in [3.05, 3.63) is 34.9 Å². The number of hydrogen-bond acceptors (Lipinski definition) is 2. The van der Waals surface area contributed by atoms with Crippen LogP contribution in [0.4, 0.5) is 0 Å². The summed E-state index contributed by atoms with van der Waals surface area (Å²) in [5.74, 6) is 0.113. The topological polar surface area (TPSA) is 49.4 Å². The molecule has 5 heteroatoms. The van der Waals surface area contributed by atoms with Crippen molar-refractivity contribution in [1.82, 2.24) is 10.2 Å². The van der Waals surface area contributed by atoms with Crippen LogP contribution in [0, 0.1) is 5.92 Å². The summed E-state index contributed by atoms with van der Waals surface area (Å²) in [6.07, 6.45) is 1.44. The molecule has 1 aromatic carbocycles. The number of hydrogen-bond donors (Lipinski definition) is 1. The SMILES string of the molecule is CCNC(=O)C1CCN(C(=O)c2cccc(Cl)c2)CC1. The zero-order valence-electron chi connectivity index (χ0n) is 11.6. The predicted octanol–water partition coefficient (Wildman–Crippen LogP) is 2.33. The van der Waals surface area contributed by atoms with Crippen LogP contribution in [0.3, 0.4) is 0 Å². The molecule has 0 atom stereocenters. The van der Waals surface area contributed by atoms with Crippen molar-refractivity contribution < 1.29 is 9.59 Å². The highest BCUT2D eigenvalue weighted by Crippen LogP contribution is 2.20. The van der Waals surface area contributed by atoms with Gasteiger partial charge in [-0.05, 0) is 38.0 Å². The van der Waals surface area contributed by atoms with Crippen molar-refractivity contribution in [3.8, 4) is 0 Å². The molecule has 1 saturated heterocycles. The normalized spacial score (nSPS) is 16.0. The van der Waals surface area contributed by atoms with E-state index in [0.29, 0.717) is 30.2 Å². The van der Waals surface area contributed by atoms with Crippen molar-refractivity contribution in [2.24, 2.45) is 5.92 Å². The Morgan fingerprint density at radius 2 is 2.05 bits per heavy atom. The van der Waals surface area contributed by atoms with Crippen LogP contribution in [0.5, 0.6) is 0 Å². The first-order valence-corrected chi connectivity index (χ1v) is 7.32. The largest absolute Gasteiger partial charge is 0.356 e. The van der Waals surface area contributed by atoms with Crippen molar-refractivity contribution in [3.63, 3.8) is 0 Å². The molecular weight excluding hydrogens is 276 g/mol. The molecule has 1 aromatic rings. The Labute approximate surface area is 124 Å². The number of benzene rings is 1. The van der Waals surface area contributed by atoms with Crippen LogP contribution >= 0.6 is 11.6 Å². The summed E-state index contributed by atoms with van der Waals surface area (Å²) in [7, 11) is 0. The number of likely N-dealkylation sites (tertiary alicyclic amines) is 1. The van der Waals surface area contributed by atoms with Gasteiger partial charge in [0.05, 0.1) is 0 Å². The maximum absolute atomic E-state index is 12.3. The third-order valence-electron chi connectivity index (χ3n) is 3.58. The minimum Gasteiger partial charge on any atom is -0.356 e. The van der Waals surface area contributed by atoms with Crippen molar-refractivity contribution in [2.75, 3.05) is 19.6 Å². The highest BCUT2D eigenvalue weighted by atomic mass is 35.5. The molecule has 0 aromatic heterocycles. The first-order valence-electron chi connectivity index (χ1n) is 6.94. The van der Waals surface area contributed by atoms with Gasteiger partial charge in [-0.25, -0.2) is 0 Å². The van der Waals surface area contributed by atoms with Crippen molar-refractivity contribution >= 4 is 23.4 Å². The molecule has 2 rings (SSSR count). The van der Waals surface area contributed by atoms with Crippen LogP contribution in [-0.2, 0) is 4.79 Å². The average molecular weight is 295 g/mol. The van der Waals surface area contributed by atoms with Crippen LogP contribution in [-0.4, -0.2) is 36.3 Å². The van der Waals surface area contributed by atoms with Gasteiger partial charge < -0.3 is 10.2 Å². The Morgan fingerprint density at radius 3 is 2.65 bits per heavy atom. The molecular formula is C15H19ClN2O2. The third-order valence-corrected chi connectivity index (χ3v) is 3.81. The van der Waals surface area contributed by atoms with Gasteiger partial charge in [-0.15, -0.1) is 0 Å². The van der Waals surface area contributed by atoms with Gasteiger partial charge in [-0.2, -0.15) is 0 Å². The monoisotopic (exact) mass is 294 g/mol. The molecule has 4 nitrogen and oxygen atoms in total. The Bertz CT molecular complexity index is 496. The van der Waals surface area contributed by atoms with Crippen LogP contribution in [0.2, 0.25) is 5.02 Å². The number of piperidine rings is 1. The van der Waals surface area contributed by atoms with Gasteiger partial charge in [0, 0.05) is 36.1 Å². The second-order valence-electron chi connectivity index (χ2n) is 4.97. The highest BCUT2D eigenvalue weighted by molar-refractivity contribution is 6.30. The zero-order chi connectivity index (χ0) is 14.5. The first kappa shape index (κ1) is 14.9. The van der Waals surface area contributed by atoms with E-state index >= 15 is 0 Å². The van der Waals surface area contributed by atoms with Crippen LogP contribution < -0.4 is 5.32 Å². The van der Waals surface area contributed by atoms with E-state index in [1.165, 1.54) is 0 Å². The Morgan fingerprint density at radius 1 is 1.35 bits per heavy atom. The predicted molar refractivity (Wildman–Crippen MR) is 78.8 cm³/mol. The van der Waals surface area contributed by atoms with E-state index in [-0.39, 0.29) is 17.7 Å². The van der Waals surface area contributed by atoms with Crippen molar-refractivity contribution in [1.29, 1.82) is 0 Å². The summed E-state index contributed by atoms with van der Waals surface area (Å²) in [4.78, 5) is 25.9. The molecule has 1 fully saturated rings. The Balaban J connectivity index is 1.93. The number of carbonyl (C=O) groups is 2. The van der Waals surface area contributed by atoms with Crippen molar-refractivity contribution in [2.45, 2.75) is 19.8 Å². The third kappa shape index (κ3) is 3.51. The van der Waals surface area contributed by atoms with E-state index in [4.69, 9.17) is 11.6 Å². The maximum Gasteiger partial charge on any atom is 0.253 e. The summed E-state index contributed by atoms with van der Waals surface area (Å²) in [5.41, 5.74) is 0.606.